The van der Waals surface area contributed by atoms with Gasteiger partial charge in [0.15, 0.2) is 0 Å². The molecule has 4 nitrogen and oxygen atoms in total. The van der Waals surface area contributed by atoms with E-state index in [1.54, 1.807) is 7.11 Å². The van der Waals surface area contributed by atoms with Crippen molar-refractivity contribution >= 4 is 0 Å². The highest BCUT2D eigenvalue weighted by Crippen LogP contribution is 2.41. The summed E-state index contributed by atoms with van der Waals surface area (Å²) in [7, 11) is 3.74. The van der Waals surface area contributed by atoms with Crippen LogP contribution in [0.3, 0.4) is 0 Å². The molecule has 1 aromatic heterocycles. The third-order valence-corrected chi connectivity index (χ3v) is 4.24. The fourth-order valence-electron chi connectivity index (χ4n) is 3.25. The third-order valence-electron chi connectivity index (χ3n) is 4.24. The summed E-state index contributed by atoms with van der Waals surface area (Å²) >= 11 is 0. The number of fused-ring (bicyclic) bond motifs is 1. The topological polar surface area (TPSA) is 39.1 Å². The predicted octanol–water partition coefficient (Wildman–Crippen LogP) is 2.51. The number of benzene rings is 1. The number of imidazole rings is 1. The van der Waals surface area contributed by atoms with Crippen LogP contribution in [0.4, 0.5) is 0 Å². The summed E-state index contributed by atoms with van der Waals surface area (Å²) in [4.78, 5) is 4.46. The van der Waals surface area contributed by atoms with Gasteiger partial charge in [-0.05, 0) is 36.7 Å². The lowest BCUT2D eigenvalue weighted by molar-refractivity contribution is 0.389. The van der Waals surface area contributed by atoms with Gasteiger partial charge in [0.1, 0.15) is 11.6 Å². The van der Waals surface area contributed by atoms with Crippen LogP contribution in [0.5, 0.6) is 5.75 Å². The maximum Gasteiger partial charge on any atom is 0.119 e. The Morgan fingerprint density at radius 1 is 1.45 bits per heavy atom. The van der Waals surface area contributed by atoms with E-state index >= 15 is 0 Å². The molecule has 0 radical (unpaired) electrons. The van der Waals surface area contributed by atoms with Gasteiger partial charge in [-0.3, -0.25) is 0 Å². The number of rotatable bonds is 4. The van der Waals surface area contributed by atoms with Crippen LogP contribution in [0.2, 0.25) is 0 Å². The molecule has 1 aliphatic carbocycles. The minimum Gasteiger partial charge on any atom is -0.497 e. The second-order valence-electron chi connectivity index (χ2n) is 5.21. The zero-order chi connectivity index (χ0) is 14.1. The van der Waals surface area contributed by atoms with Gasteiger partial charge in [0.05, 0.1) is 19.2 Å². The SMILES string of the molecule is CCc1nccn1C1Cc2ccc(OC)cc2C1NC. The van der Waals surface area contributed by atoms with E-state index in [1.165, 1.54) is 11.1 Å². The first-order valence-electron chi connectivity index (χ1n) is 7.14. The second-order valence-corrected chi connectivity index (χ2v) is 5.21. The molecule has 2 atom stereocenters. The Hall–Kier alpha value is -1.81. The van der Waals surface area contributed by atoms with Crippen molar-refractivity contribution in [3.05, 3.63) is 47.5 Å². The number of aromatic nitrogens is 2. The molecule has 0 aliphatic heterocycles. The van der Waals surface area contributed by atoms with E-state index in [-0.39, 0.29) is 0 Å². The average Bonchev–Trinajstić information content (AvgIpc) is 3.09. The maximum atomic E-state index is 5.36. The number of methoxy groups -OCH3 is 1. The quantitative estimate of drug-likeness (QED) is 0.928. The molecule has 106 valence electrons. The second kappa shape index (κ2) is 5.29. The van der Waals surface area contributed by atoms with Crippen LogP contribution in [0, 0.1) is 0 Å². The van der Waals surface area contributed by atoms with Crippen molar-refractivity contribution in [1.29, 1.82) is 0 Å². The van der Waals surface area contributed by atoms with Crippen molar-refractivity contribution in [2.45, 2.75) is 31.8 Å². The van der Waals surface area contributed by atoms with Gasteiger partial charge in [-0.25, -0.2) is 4.98 Å². The third kappa shape index (κ3) is 2.00. The molecule has 20 heavy (non-hydrogen) atoms. The zero-order valence-corrected chi connectivity index (χ0v) is 12.3. The van der Waals surface area contributed by atoms with Crippen molar-refractivity contribution in [2.75, 3.05) is 14.2 Å². The number of ether oxygens (including phenoxy) is 1. The molecule has 3 rings (SSSR count). The van der Waals surface area contributed by atoms with Gasteiger partial charge >= 0.3 is 0 Å². The van der Waals surface area contributed by atoms with Gasteiger partial charge in [-0.2, -0.15) is 0 Å². The van der Waals surface area contributed by atoms with E-state index in [0.717, 1.165) is 24.4 Å². The first-order valence-corrected chi connectivity index (χ1v) is 7.14. The fraction of sp³-hybridized carbons (Fsp3) is 0.438. The molecular formula is C16H21N3O. The molecule has 0 fully saturated rings. The van der Waals surface area contributed by atoms with Crippen LogP contribution < -0.4 is 10.1 Å². The molecule has 1 aromatic carbocycles. The molecule has 0 bridgehead atoms. The van der Waals surface area contributed by atoms with Gasteiger partial charge < -0.3 is 14.6 Å². The monoisotopic (exact) mass is 271 g/mol. The first-order chi connectivity index (χ1) is 9.78. The molecule has 2 aromatic rings. The number of nitrogens with zero attached hydrogens (tertiary/aromatic N) is 2. The van der Waals surface area contributed by atoms with Gasteiger partial charge in [0, 0.05) is 18.8 Å². The minimum atomic E-state index is 0.305. The van der Waals surface area contributed by atoms with Gasteiger partial charge in [0.2, 0.25) is 0 Å². The van der Waals surface area contributed by atoms with E-state index < -0.39 is 0 Å². The molecule has 1 heterocycles. The highest BCUT2D eigenvalue weighted by molar-refractivity contribution is 5.42. The molecule has 0 saturated heterocycles. The first kappa shape index (κ1) is 13.2. The molecular weight excluding hydrogens is 250 g/mol. The van der Waals surface area contributed by atoms with Crippen LogP contribution in [0.15, 0.2) is 30.6 Å². The molecule has 0 spiro atoms. The number of likely N-dealkylation sites (N-methyl/N-ethyl adjacent to an activating group) is 1. The van der Waals surface area contributed by atoms with Crippen LogP contribution in [-0.2, 0) is 12.8 Å². The Labute approximate surface area is 119 Å². The Balaban J connectivity index is 2.00. The molecule has 0 saturated carbocycles. The normalized spacial score (nSPS) is 20.9. The number of hydrogen-bond acceptors (Lipinski definition) is 3. The maximum absolute atomic E-state index is 5.36. The van der Waals surface area contributed by atoms with Gasteiger partial charge in [-0.1, -0.05) is 13.0 Å². The summed E-state index contributed by atoms with van der Waals surface area (Å²) in [6.07, 6.45) is 5.99. The van der Waals surface area contributed by atoms with E-state index in [9.17, 15) is 0 Å². The Bertz CT molecular complexity index is 606. The average molecular weight is 271 g/mol. The smallest absolute Gasteiger partial charge is 0.119 e. The van der Waals surface area contributed by atoms with Crippen molar-refractivity contribution in [3.63, 3.8) is 0 Å². The Morgan fingerprint density at radius 3 is 3.00 bits per heavy atom. The van der Waals surface area contributed by atoms with Crippen LogP contribution in [0.25, 0.3) is 0 Å². The van der Waals surface area contributed by atoms with Crippen LogP contribution in [0.1, 0.15) is 36.0 Å². The van der Waals surface area contributed by atoms with Gasteiger partial charge in [-0.15, -0.1) is 0 Å². The number of hydrogen-bond donors (Lipinski definition) is 1. The Kier molecular flexibility index (Phi) is 3.49. The summed E-state index contributed by atoms with van der Waals surface area (Å²) in [6.45, 7) is 2.15. The van der Waals surface area contributed by atoms with Crippen molar-refractivity contribution in [3.8, 4) is 5.75 Å². The summed E-state index contributed by atoms with van der Waals surface area (Å²) in [5.74, 6) is 2.07. The van der Waals surface area contributed by atoms with Crippen molar-refractivity contribution < 1.29 is 4.74 Å². The standard InChI is InChI=1S/C16H21N3O/c1-4-15-18-7-8-19(15)14-9-11-5-6-12(20-3)10-13(11)16(14)17-2/h5-8,10,14,16-17H,4,9H2,1-3H3. The number of aryl methyl sites for hydroxylation is 1. The summed E-state index contributed by atoms with van der Waals surface area (Å²) in [6, 6.07) is 7.07. The highest BCUT2D eigenvalue weighted by atomic mass is 16.5. The summed E-state index contributed by atoms with van der Waals surface area (Å²) in [5.41, 5.74) is 2.73. The zero-order valence-electron chi connectivity index (χ0n) is 12.3. The number of nitrogens with one attached hydrogen (secondary N) is 1. The van der Waals surface area contributed by atoms with E-state index in [4.69, 9.17) is 4.74 Å². The predicted molar refractivity (Wildman–Crippen MR) is 79.1 cm³/mol. The summed E-state index contributed by atoms with van der Waals surface area (Å²) < 4.78 is 7.67. The fourth-order valence-corrected chi connectivity index (χ4v) is 3.25. The molecule has 1 aliphatic rings. The Morgan fingerprint density at radius 2 is 2.30 bits per heavy atom. The summed E-state index contributed by atoms with van der Waals surface area (Å²) in [5, 5.41) is 3.46. The van der Waals surface area contributed by atoms with Crippen molar-refractivity contribution in [1.82, 2.24) is 14.9 Å². The highest BCUT2D eigenvalue weighted by Gasteiger charge is 2.33. The minimum absolute atomic E-state index is 0.305. The van der Waals surface area contributed by atoms with Crippen LogP contribution >= 0.6 is 0 Å². The largest absolute Gasteiger partial charge is 0.497 e. The lowest BCUT2D eigenvalue weighted by Crippen LogP contribution is -2.25. The van der Waals surface area contributed by atoms with Crippen LogP contribution in [-0.4, -0.2) is 23.7 Å². The molecule has 0 amide bonds. The molecule has 4 heteroatoms. The van der Waals surface area contributed by atoms with E-state index in [1.807, 2.05) is 19.3 Å². The molecule has 2 unspecified atom stereocenters. The lowest BCUT2D eigenvalue weighted by Gasteiger charge is -2.23. The molecule has 1 N–H and O–H groups in total. The van der Waals surface area contributed by atoms with Gasteiger partial charge in [0.25, 0.3) is 0 Å². The van der Waals surface area contributed by atoms with E-state index in [0.29, 0.717) is 12.1 Å². The lowest BCUT2D eigenvalue weighted by atomic mass is 10.1. The van der Waals surface area contributed by atoms with E-state index in [2.05, 4.69) is 40.1 Å². The van der Waals surface area contributed by atoms with Crippen molar-refractivity contribution in [2.24, 2.45) is 0 Å².